The van der Waals surface area contributed by atoms with Gasteiger partial charge in [-0.15, -0.1) is 0 Å². The van der Waals surface area contributed by atoms with Crippen molar-refractivity contribution in [3.8, 4) is 11.5 Å². The van der Waals surface area contributed by atoms with Gasteiger partial charge in [-0.1, -0.05) is 52.7 Å². The van der Waals surface area contributed by atoms with Crippen molar-refractivity contribution in [1.29, 1.82) is 0 Å². The van der Waals surface area contributed by atoms with E-state index in [1.54, 1.807) is 12.1 Å². The molecule has 0 radical (unpaired) electrons. The summed E-state index contributed by atoms with van der Waals surface area (Å²) in [5.41, 5.74) is 0.768. The lowest BCUT2D eigenvalue weighted by Crippen LogP contribution is -1.98. The molecule has 0 aromatic heterocycles. The highest BCUT2D eigenvalue weighted by molar-refractivity contribution is 9.10. The summed E-state index contributed by atoms with van der Waals surface area (Å²) < 4.78 is 6.70. The van der Waals surface area contributed by atoms with E-state index in [2.05, 4.69) is 15.9 Å². The summed E-state index contributed by atoms with van der Waals surface area (Å²) >= 11 is 9.48. The van der Waals surface area contributed by atoms with Gasteiger partial charge in [0.2, 0.25) is 0 Å². The average Bonchev–Trinajstić information content (AvgIpc) is 2.41. The van der Waals surface area contributed by atoms with E-state index in [-0.39, 0.29) is 0 Å². The van der Waals surface area contributed by atoms with Gasteiger partial charge in [-0.25, -0.2) is 0 Å². The first-order chi connectivity index (χ1) is 9.11. The van der Waals surface area contributed by atoms with E-state index in [0.29, 0.717) is 22.9 Å². The van der Waals surface area contributed by atoms with E-state index in [0.717, 1.165) is 10.0 Å². The van der Waals surface area contributed by atoms with Crippen molar-refractivity contribution in [3.63, 3.8) is 0 Å². The maximum absolute atomic E-state index is 9.98. The predicted molar refractivity (Wildman–Crippen MR) is 80.9 cm³/mol. The molecule has 2 aromatic carbocycles. The fourth-order valence-corrected chi connectivity index (χ4v) is 2.46. The first-order valence-electron chi connectivity index (χ1n) is 6.01. The normalized spacial score (nSPS) is 12.2. The smallest absolute Gasteiger partial charge is 0.146 e. The van der Waals surface area contributed by atoms with Gasteiger partial charge in [0.15, 0.2) is 0 Å². The summed E-state index contributed by atoms with van der Waals surface area (Å²) in [7, 11) is 0. The molecule has 4 heteroatoms. The Hall–Kier alpha value is -1.03. The van der Waals surface area contributed by atoms with Crippen LogP contribution in [0.5, 0.6) is 11.5 Å². The third-order valence-electron chi connectivity index (χ3n) is 2.78. The highest BCUT2D eigenvalue weighted by atomic mass is 79.9. The van der Waals surface area contributed by atoms with Gasteiger partial charge in [-0.2, -0.15) is 0 Å². The minimum atomic E-state index is -0.537. The number of benzene rings is 2. The molecule has 1 unspecified atom stereocenters. The Balaban J connectivity index is 2.33. The van der Waals surface area contributed by atoms with Crippen LogP contribution < -0.4 is 4.74 Å². The Morgan fingerprint density at radius 1 is 1.21 bits per heavy atom. The van der Waals surface area contributed by atoms with Crippen LogP contribution in [0, 0.1) is 0 Å². The fourth-order valence-electron chi connectivity index (χ4n) is 1.75. The van der Waals surface area contributed by atoms with Gasteiger partial charge in [0.1, 0.15) is 11.5 Å². The number of hydrogen-bond donors (Lipinski definition) is 1. The molecule has 1 N–H and O–H groups in total. The molecule has 0 aliphatic heterocycles. The van der Waals surface area contributed by atoms with E-state index < -0.39 is 6.10 Å². The topological polar surface area (TPSA) is 29.5 Å². The average molecular weight is 342 g/mol. The minimum absolute atomic E-state index is 0.523. The molecule has 0 amide bonds. The molecule has 1 atom stereocenters. The van der Waals surface area contributed by atoms with Gasteiger partial charge in [0.25, 0.3) is 0 Å². The Morgan fingerprint density at radius 3 is 2.63 bits per heavy atom. The molecule has 2 aromatic rings. The van der Waals surface area contributed by atoms with Crippen molar-refractivity contribution >= 4 is 27.5 Å². The van der Waals surface area contributed by atoms with Crippen molar-refractivity contribution in [1.82, 2.24) is 0 Å². The van der Waals surface area contributed by atoms with Crippen LogP contribution >= 0.6 is 27.5 Å². The molecular weight excluding hydrogens is 328 g/mol. The molecule has 2 rings (SSSR count). The van der Waals surface area contributed by atoms with Crippen LogP contribution in [0.25, 0.3) is 0 Å². The largest absolute Gasteiger partial charge is 0.455 e. The van der Waals surface area contributed by atoms with Gasteiger partial charge in [-0.05, 0) is 30.7 Å². The Morgan fingerprint density at radius 2 is 1.95 bits per heavy atom. The highest BCUT2D eigenvalue weighted by Gasteiger charge is 2.13. The van der Waals surface area contributed by atoms with Crippen molar-refractivity contribution in [3.05, 3.63) is 57.5 Å². The van der Waals surface area contributed by atoms with Crippen LogP contribution in [0.2, 0.25) is 5.02 Å². The van der Waals surface area contributed by atoms with Crippen LogP contribution in [-0.2, 0) is 0 Å². The predicted octanol–water partition coefficient (Wildman–Crippen LogP) is 5.34. The van der Waals surface area contributed by atoms with E-state index in [1.165, 1.54) is 0 Å². The third-order valence-corrected chi connectivity index (χ3v) is 3.57. The SMILES string of the molecule is CCC(O)c1ccccc1Oc1ccc(Br)cc1Cl. The molecular formula is C15H14BrClO2. The number of ether oxygens (including phenoxy) is 1. The zero-order valence-electron chi connectivity index (χ0n) is 10.4. The van der Waals surface area contributed by atoms with Crippen LogP contribution in [0.1, 0.15) is 25.0 Å². The summed E-state index contributed by atoms with van der Waals surface area (Å²) in [5, 5.41) is 10.5. The number of halogens is 2. The second-order valence-electron chi connectivity index (χ2n) is 4.14. The van der Waals surface area contributed by atoms with Crippen molar-refractivity contribution in [2.24, 2.45) is 0 Å². The van der Waals surface area contributed by atoms with Gasteiger partial charge in [0, 0.05) is 10.0 Å². The van der Waals surface area contributed by atoms with Crippen molar-refractivity contribution in [2.45, 2.75) is 19.4 Å². The van der Waals surface area contributed by atoms with Gasteiger partial charge in [-0.3, -0.25) is 0 Å². The first kappa shape index (κ1) is 14.4. The molecule has 0 saturated carbocycles. The molecule has 0 aliphatic rings. The van der Waals surface area contributed by atoms with Gasteiger partial charge >= 0.3 is 0 Å². The molecule has 0 spiro atoms. The minimum Gasteiger partial charge on any atom is -0.455 e. The van der Waals surface area contributed by atoms with E-state index in [1.807, 2.05) is 37.3 Å². The molecule has 19 heavy (non-hydrogen) atoms. The summed E-state index contributed by atoms with van der Waals surface area (Å²) in [6.07, 6.45) is 0.0967. The highest BCUT2D eigenvalue weighted by Crippen LogP contribution is 2.35. The fraction of sp³-hybridized carbons (Fsp3) is 0.200. The summed E-state index contributed by atoms with van der Waals surface area (Å²) in [6, 6.07) is 12.9. The lowest BCUT2D eigenvalue weighted by Gasteiger charge is -2.15. The van der Waals surface area contributed by atoms with Crippen LogP contribution in [-0.4, -0.2) is 5.11 Å². The third kappa shape index (κ3) is 3.50. The van der Waals surface area contributed by atoms with Crippen molar-refractivity contribution < 1.29 is 9.84 Å². The van der Waals surface area contributed by atoms with Crippen LogP contribution in [0.4, 0.5) is 0 Å². The molecule has 2 nitrogen and oxygen atoms in total. The lowest BCUT2D eigenvalue weighted by atomic mass is 10.1. The molecule has 100 valence electrons. The number of aliphatic hydroxyl groups excluding tert-OH is 1. The molecule has 0 bridgehead atoms. The van der Waals surface area contributed by atoms with Crippen LogP contribution in [0.3, 0.4) is 0 Å². The second-order valence-corrected chi connectivity index (χ2v) is 5.46. The molecule has 0 fully saturated rings. The van der Waals surface area contributed by atoms with E-state index in [4.69, 9.17) is 16.3 Å². The zero-order valence-corrected chi connectivity index (χ0v) is 12.8. The summed E-state index contributed by atoms with van der Waals surface area (Å²) in [5.74, 6) is 1.20. The monoisotopic (exact) mass is 340 g/mol. The molecule has 0 heterocycles. The zero-order chi connectivity index (χ0) is 13.8. The number of para-hydroxylation sites is 1. The molecule has 0 aliphatic carbocycles. The van der Waals surface area contributed by atoms with E-state index in [9.17, 15) is 5.11 Å². The standard InChI is InChI=1S/C15H14BrClO2/c1-2-13(18)11-5-3-4-6-14(11)19-15-8-7-10(16)9-12(15)17/h3-9,13,18H,2H2,1H3. The summed E-state index contributed by atoms with van der Waals surface area (Å²) in [4.78, 5) is 0. The van der Waals surface area contributed by atoms with Crippen LogP contribution in [0.15, 0.2) is 46.9 Å². The quantitative estimate of drug-likeness (QED) is 0.813. The summed E-state index contributed by atoms with van der Waals surface area (Å²) in [6.45, 7) is 1.92. The van der Waals surface area contributed by atoms with E-state index >= 15 is 0 Å². The Kier molecular flexibility index (Phi) is 4.86. The maximum Gasteiger partial charge on any atom is 0.146 e. The number of hydrogen-bond acceptors (Lipinski definition) is 2. The van der Waals surface area contributed by atoms with Crippen molar-refractivity contribution in [2.75, 3.05) is 0 Å². The lowest BCUT2D eigenvalue weighted by molar-refractivity contribution is 0.170. The maximum atomic E-state index is 9.98. The Bertz CT molecular complexity index is 572. The number of aliphatic hydroxyl groups is 1. The van der Waals surface area contributed by atoms with Gasteiger partial charge in [0.05, 0.1) is 11.1 Å². The van der Waals surface area contributed by atoms with Gasteiger partial charge < -0.3 is 9.84 Å². The second kappa shape index (κ2) is 6.42. The Labute approximate surface area is 126 Å². The number of rotatable bonds is 4. The first-order valence-corrected chi connectivity index (χ1v) is 7.18. The molecule has 0 saturated heterocycles.